The second kappa shape index (κ2) is 11.3. The van der Waals surface area contributed by atoms with Crippen LogP contribution in [0.4, 0.5) is 26.0 Å². The van der Waals surface area contributed by atoms with E-state index in [9.17, 15) is 17.2 Å². The highest BCUT2D eigenvalue weighted by atomic mass is 32.2. The van der Waals surface area contributed by atoms with Crippen LogP contribution in [-0.4, -0.2) is 47.5 Å². The average molecular weight is 575 g/mol. The van der Waals surface area contributed by atoms with Gasteiger partial charge in [0, 0.05) is 59.3 Å². The number of halogens is 2. The van der Waals surface area contributed by atoms with Gasteiger partial charge in [-0.25, -0.2) is 27.2 Å². The maximum Gasteiger partial charge on any atom is 0.264 e. The molecular weight excluding hydrogens is 546 g/mol. The topological polar surface area (TPSA) is 92.2 Å². The fourth-order valence-corrected chi connectivity index (χ4v) is 6.19. The number of sulfonamides is 1. The highest BCUT2D eigenvalue weighted by Crippen LogP contribution is 2.27. The van der Waals surface area contributed by atoms with Gasteiger partial charge in [-0.15, -0.1) is 0 Å². The molecule has 1 aliphatic heterocycles. The molecule has 0 unspecified atom stereocenters. The van der Waals surface area contributed by atoms with Gasteiger partial charge in [-0.3, -0.25) is 4.72 Å². The number of hydrogen-bond donors (Lipinski definition) is 2. The number of nitrogens with zero attached hydrogens (tertiary/aromatic N) is 4. The van der Waals surface area contributed by atoms with Gasteiger partial charge in [-0.05, 0) is 80.5 Å². The van der Waals surface area contributed by atoms with Crippen molar-refractivity contribution in [2.24, 2.45) is 0 Å². The lowest BCUT2D eigenvalue weighted by molar-refractivity contribution is 0.324. The fourth-order valence-electron chi connectivity index (χ4n) is 5.07. The Morgan fingerprint density at radius 2 is 1.61 bits per heavy atom. The maximum atomic E-state index is 14.0. The Morgan fingerprint density at radius 3 is 2.39 bits per heavy atom. The number of benzene rings is 3. The molecule has 210 valence electrons. The minimum absolute atomic E-state index is 0.225. The van der Waals surface area contributed by atoms with E-state index in [-0.39, 0.29) is 5.69 Å². The summed E-state index contributed by atoms with van der Waals surface area (Å²) in [6.45, 7) is 4.41. The summed E-state index contributed by atoms with van der Waals surface area (Å²) in [6, 6.07) is 19.0. The van der Waals surface area contributed by atoms with Gasteiger partial charge in [0.15, 0.2) is 0 Å². The van der Waals surface area contributed by atoms with Crippen LogP contribution in [0.25, 0.3) is 22.2 Å². The standard InChI is InChI=1S/C30H28F2N6O2S/c31-23-4-10-29(26(32)18-23)41(39,40)36-25-7-5-24(6-8-25)35-30-19-27(33-20-34-30)21-3-9-28-22(17-21)11-14-38(28)16-15-37-12-1-2-13-37/h3-11,14,17-20,36H,1-2,12-13,15-16H2,(H,33,34,35). The van der Waals surface area contributed by atoms with Crippen LogP contribution in [0.15, 0.2) is 90.2 Å². The van der Waals surface area contributed by atoms with Crippen LogP contribution >= 0.6 is 0 Å². The van der Waals surface area contributed by atoms with E-state index in [0.717, 1.165) is 41.9 Å². The summed E-state index contributed by atoms with van der Waals surface area (Å²) in [5.74, 6) is -1.45. The van der Waals surface area contributed by atoms with Crippen molar-refractivity contribution in [2.75, 3.05) is 29.7 Å². The summed E-state index contributed by atoms with van der Waals surface area (Å²) < 4.78 is 56.8. The van der Waals surface area contributed by atoms with Crippen LogP contribution in [0.2, 0.25) is 0 Å². The third-order valence-electron chi connectivity index (χ3n) is 7.18. The van der Waals surface area contributed by atoms with Crippen LogP contribution < -0.4 is 10.0 Å². The molecule has 1 fully saturated rings. The number of fused-ring (bicyclic) bond motifs is 1. The van der Waals surface area contributed by atoms with Gasteiger partial charge in [0.2, 0.25) is 0 Å². The highest BCUT2D eigenvalue weighted by Gasteiger charge is 2.20. The molecule has 5 aromatic rings. The fraction of sp³-hybridized carbons (Fsp3) is 0.200. The summed E-state index contributed by atoms with van der Waals surface area (Å²) in [4.78, 5) is 10.6. The zero-order chi connectivity index (χ0) is 28.4. The van der Waals surface area contributed by atoms with Crippen molar-refractivity contribution in [2.45, 2.75) is 24.3 Å². The van der Waals surface area contributed by atoms with Gasteiger partial charge >= 0.3 is 0 Å². The van der Waals surface area contributed by atoms with Gasteiger partial charge < -0.3 is 14.8 Å². The average Bonchev–Trinajstić information content (AvgIpc) is 3.62. The smallest absolute Gasteiger partial charge is 0.264 e. The van der Waals surface area contributed by atoms with E-state index in [1.807, 2.05) is 6.07 Å². The Bertz CT molecular complexity index is 1800. The molecule has 6 rings (SSSR count). The first-order chi connectivity index (χ1) is 19.8. The monoisotopic (exact) mass is 574 g/mol. The van der Waals surface area contributed by atoms with Gasteiger partial charge in [0.1, 0.15) is 28.7 Å². The Morgan fingerprint density at radius 1 is 0.829 bits per heavy atom. The van der Waals surface area contributed by atoms with Crippen molar-refractivity contribution in [3.05, 3.63) is 97.0 Å². The highest BCUT2D eigenvalue weighted by molar-refractivity contribution is 7.92. The molecule has 0 radical (unpaired) electrons. The van der Waals surface area contributed by atoms with E-state index in [1.165, 1.54) is 49.9 Å². The molecule has 0 atom stereocenters. The van der Waals surface area contributed by atoms with Crippen molar-refractivity contribution in [1.29, 1.82) is 0 Å². The van der Waals surface area contributed by atoms with Crippen molar-refractivity contribution in [1.82, 2.24) is 19.4 Å². The van der Waals surface area contributed by atoms with Crippen LogP contribution in [0, 0.1) is 11.6 Å². The summed E-state index contributed by atoms with van der Waals surface area (Å²) >= 11 is 0. The van der Waals surface area contributed by atoms with Crippen LogP contribution in [0.3, 0.4) is 0 Å². The van der Waals surface area contributed by atoms with Crippen molar-refractivity contribution in [3.63, 3.8) is 0 Å². The van der Waals surface area contributed by atoms with Gasteiger partial charge in [-0.1, -0.05) is 6.07 Å². The summed E-state index contributed by atoms with van der Waals surface area (Å²) in [6.07, 6.45) is 6.21. The molecule has 2 aromatic heterocycles. The van der Waals surface area contributed by atoms with E-state index in [1.54, 1.807) is 12.1 Å². The molecule has 0 amide bonds. The van der Waals surface area contributed by atoms with Crippen molar-refractivity contribution < 1.29 is 17.2 Å². The third-order valence-corrected chi connectivity index (χ3v) is 8.60. The molecule has 0 saturated carbocycles. The van der Waals surface area contributed by atoms with Crippen LogP contribution in [-0.2, 0) is 16.6 Å². The molecule has 1 saturated heterocycles. The van der Waals surface area contributed by atoms with Crippen molar-refractivity contribution >= 4 is 38.1 Å². The molecule has 3 aromatic carbocycles. The van der Waals surface area contributed by atoms with E-state index in [4.69, 9.17) is 0 Å². The first-order valence-corrected chi connectivity index (χ1v) is 14.8. The number of aromatic nitrogens is 3. The Labute approximate surface area is 236 Å². The minimum Gasteiger partial charge on any atom is -0.346 e. The van der Waals surface area contributed by atoms with Crippen molar-refractivity contribution in [3.8, 4) is 11.3 Å². The molecule has 3 heterocycles. The van der Waals surface area contributed by atoms with Crippen LogP contribution in [0.5, 0.6) is 0 Å². The molecule has 8 nitrogen and oxygen atoms in total. The van der Waals surface area contributed by atoms with E-state index >= 15 is 0 Å². The predicted octanol–water partition coefficient (Wildman–Crippen LogP) is 6.02. The Hall–Kier alpha value is -4.35. The molecule has 1 aliphatic rings. The third kappa shape index (κ3) is 6.06. The molecule has 0 bridgehead atoms. The predicted molar refractivity (Wildman–Crippen MR) is 156 cm³/mol. The minimum atomic E-state index is -4.23. The number of hydrogen-bond acceptors (Lipinski definition) is 6. The Kier molecular flexibility index (Phi) is 7.38. The second-order valence-electron chi connectivity index (χ2n) is 10.0. The zero-order valence-corrected chi connectivity index (χ0v) is 22.9. The lowest BCUT2D eigenvalue weighted by Crippen LogP contribution is -2.23. The number of rotatable bonds is 9. The first-order valence-electron chi connectivity index (χ1n) is 13.3. The molecule has 0 aliphatic carbocycles. The first kappa shape index (κ1) is 26.9. The summed E-state index contributed by atoms with van der Waals surface area (Å²) in [5.41, 5.74) is 3.82. The largest absolute Gasteiger partial charge is 0.346 e. The summed E-state index contributed by atoms with van der Waals surface area (Å²) in [5, 5.41) is 4.35. The molecule has 41 heavy (non-hydrogen) atoms. The number of anilines is 3. The normalized spacial score (nSPS) is 14.0. The number of nitrogens with one attached hydrogen (secondary N) is 2. The number of likely N-dealkylation sites (tertiary alicyclic amines) is 1. The molecule has 2 N–H and O–H groups in total. The maximum absolute atomic E-state index is 14.0. The van der Waals surface area contributed by atoms with Gasteiger partial charge in [0.05, 0.1) is 5.69 Å². The molecule has 0 spiro atoms. The van der Waals surface area contributed by atoms with Gasteiger partial charge in [-0.2, -0.15) is 0 Å². The van der Waals surface area contributed by atoms with Crippen LogP contribution in [0.1, 0.15) is 12.8 Å². The molecular formula is C30H28F2N6O2S. The van der Waals surface area contributed by atoms with Gasteiger partial charge in [0.25, 0.3) is 10.0 Å². The second-order valence-corrected chi connectivity index (χ2v) is 11.7. The quantitative estimate of drug-likeness (QED) is 0.224. The zero-order valence-electron chi connectivity index (χ0n) is 22.1. The van der Waals surface area contributed by atoms with E-state index < -0.39 is 26.6 Å². The lowest BCUT2D eigenvalue weighted by atomic mass is 10.1. The van der Waals surface area contributed by atoms with E-state index in [2.05, 4.69) is 59.9 Å². The SMILES string of the molecule is O=S(=O)(Nc1ccc(Nc2cc(-c3ccc4c(ccn4CCN4CCCC4)c3)ncn2)cc1)c1ccc(F)cc1F. The lowest BCUT2D eigenvalue weighted by Gasteiger charge is -2.15. The Balaban J connectivity index is 1.13. The summed E-state index contributed by atoms with van der Waals surface area (Å²) in [7, 11) is -4.23. The van der Waals surface area contributed by atoms with E-state index in [0.29, 0.717) is 17.6 Å². The molecule has 11 heteroatoms.